The molecule has 7 aromatic carbocycles. The normalized spacial score (nSPS) is 12.3. The third kappa shape index (κ3) is 7.24. The van der Waals surface area contributed by atoms with Gasteiger partial charge in [-0.2, -0.15) is 0 Å². The number of fused-ring (bicyclic) bond motifs is 4. The van der Waals surface area contributed by atoms with Crippen molar-refractivity contribution in [2.75, 3.05) is 0 Å². The van der Waals surface area contributed by atoms with E-state index in [4.69, 9.17) is 9.97 Å². The molecular formula is C59H54N4. The largest absolute Gasteiger partial charge is 0.279 e. The van der Waals surface area contributed by atoms with Crippen LogP contribution in [0, 0.1) is 0 Å². The van der Waals surface area contributed by atoms with Crippen LogP contribution >= 0.6 is 0 Å². The summed E-state index contributed by atoms with van der Waals surface area (Å²) in [5, 5.41) is 2.48. The first-order valence-corrected chi connectivity index (χ1v) is 22.3. The van der Waals surface area contributed by atoms with Crippen molar-refractivity contribution in [2.45, 2.75) is 72.1 Å². The monoisotopic (exact) mass is 818 g/mol. The summed E-state index contributed by atoms with van der Waals surface area (Å²) < 4.78 is 4.84. The molecule has 10 rings (SSSR count). The maximum atomic E-state index is 5.80. The third-order valence-corrected chi connectivity index (χ3v) is 12.7. The Labute approximate surface area is 371 Å². The van der Waals surface area contributed by atoms with Gasteiger partial charge in [-0.1, -0.05) is 165 Å². The van der Waals surface area contributed by atoms with Gasteiger partial charge in [0.15, 0.2) is 0 Å². The van der Waals surface area contributed by atoms with Crippen molar-refractivity contribution in [3.8, 4) is 56.3 Å². The predicted molar refractivity (Wildman–Crippen MR) is 266 cm³/mol. The summed E-state index contributed by atoms with van der Waals surface area (Å²) in [4.78, 5) is 10.7. The van der Waals surface area contributed by atoms with Gasteiger partial charge in [0.25, 0.3) is 0 Å². The Morgan fingerprint density at radius 2 is 1.02 bits per heavy atom. The lowest BCUT2D eigenvalue weighted by atomic mass is 9.85. The molecule has 4 nitrogen and oxygen atoms in total. The molecule has 0 atom stereocenters. The van der Waals surface area contributed by atoms with Crippen LogP contribution in [0.15, 0.2) is 176 Å². The van der Waals surface area contributed by atoms with Gasteiger partial charge in [-0.05, 0) is 122 Å². The minimum absolute atomic E-state index is 0.00805. The first kappa shape index (κ1) is 40.1. The highest BCUT2D eigenvalue weighted by Crippen LogP contribution is 2.42. The summed E-state index contributed by atoms with van der Waals surface area (Å²) in [5.41, 5.74) is 18.2. The molecule has 0 amide bonds. The van der Waals surface area contributed by atoms with E-state index in [9.17, 15) is 0 Å². The number of aromatic nitrogens is 4. The zero-order chi connectivity index (χ0) is 43.6. The van der Waals surface area contributed by atoms with Gasteiger partial charge in [0.2, 0.25) is 5.95 Å². The number of hydrogen-bond donors (Lipinski definition) is 0. The van der Waals surface area contributed by atoms with Gasteiger partial charge >= 0.3 is 0 Å². The van der Waals surface area contributed by atoms with Gasteiger partial charge in [0.05, 0.1) is 33.4 Å². The van der Waals surface area contributed by atoms with Crippen LogP contribution in [0.1, 0.15) is 78.0 Å². The van der Waals surface area contributed by atoms with E-state index >= 15 is 0 Å². The summed E-state index contributed by atoms with van der Waals surface area (Å²) in [6.07, 6.45) is 1.91. The van der Waals surface area contributed by atoms with Crippen LogP contribution in [-0.2, 0) is 10.8 Å². The Bertz CT molecular complexity index is 3240. The summed E-state index contributed by atoms with van der Waals surface area (Å²) >= 11 is 0. The van der Waals surface area contributed by atoms with Gasteiger partial charge in [0.1, 0.15) is 0 Å². The number of nitrogens with zero attached hydrogens (tertiary/aromatic N) is 4. The van der Waals surface area contributed by atoms with Crippen LogP contribution in [0.2, 0.25) is 0 Å². The highest BCUT2D eigenvalue weighted by Gasteiger charge is 2.26. The lowest BCUT2D eigenvalue weighted by Crippen LogP contribution is -2.11. The van der Waals surface area contributed by atoms with Gasteiger partial charge in [0, 0.05) is 28.1 Å². The lowest BCUT2D eigenvalue weighted by molar-refractivity contribution is 0.590. The van der Waals surface area contributed by atoms with E-state index in [2.05, 4.69) is 234 Å². The molecule has 3 heterocycles. The van der Waals surface area contributed by atoms with E-state index in [1.54, 1.807) is 0 Å². The summed E-state index contributed by atoms with van der Waals surface area (Å²) in [6.45, 7) is 18.4. The van der Waals surface area contributed by atoms with E-state index in [1.807, 2.05) is 6.20 Å². The van der Waals surface area contributed by atoms with Crippen molar-refractivity contribution in [3.63, 3.8) is 0 Å². The van der Waals surface area contributed by atoms with Crippen molar-refractivity contribution >= 4 is 32.8 Å². The van der Waals surface area contributed by atoms with E-state index in [0.29, 0.717) is 0 Å². The molecule has 4 heteroatoms. The summed E-state index contributed by atoms with van der Waals surface area (Å²) in [7, 11) is 0. The second-order valence-corrected chi connectivity index (χ2v) is 19.4. The summed E-state index contributed by atoms with van der Waals surface area (Å²) in [6, 6.07) is 61.9. The maximum absolute atomic E-state index is 5.80. The minimum atomic E-state index is -0.00805. The highest BCUT2D eigenvalue weighted by atomic mass is 15.2. The first-order valence-electron chi connectivity index (χ1n) is 22.3. The predicted octanol–water partition coefficient (Wildman–Crippen LogP) is 15.9. The number of rotatable bonds is 7. The fourth-order valence-electron chi connectivity index (χ4n) is 9.15. The van der Waals surface area contributed by atoms with E-state index in [0.717, 1.165) is 61.7 Å². The van der Waals surface area contributed by atoms with Gasteiger partial charge in [-0.25, -0.2) is 4.98 Å². The quantitative estimate of drug-likeness (QED) is 0.161. The fourth-order valence-corrected chi connectivity index (χ4v) is 9.15. The van der Waals surface area contributed by atoms with Crippen LogP contribution in [-0.4, -0.2) is 19.1 Å². The zero-order valence-corrected chi connectivity index (χ0v) is 37.6. The molecule has 63 heavy (non-hydrogen) atoms. The van der Waals surface area contributed by atoms with Crippen molar-refractivity contribution in [1.82, 2.24) is 19.1 Å². The van der Waals surface area contributed by atoms with E-state index in [1.165, 1.54) is 44.2 Å². The highest BCUT2D eigenvalue weighted by molar-refractivity contribution is 6.10. The van der Waals surface area contributed by atoms with Crippen molar-refractivity contribution in [1.29, 1.82) is 0 Å². The number of para-hydroxylation sites is 1. The Kier molecular flexibility index (Phi) is 9.79. The molecule has 0 saturated carbocycles. The number of benzene rings is 7. The fraction of sp³-hybridized carbons (Fsp3) is 0.186. The molecule has 0 fully saturated rings. The molecule has 0 radical (unpaired) electrons. The Hall–Kier alpha value is -7.04. The third-order valence-electron chi connectivity index (χ3n) is 12.7. The zero-order valence-electron chi connectivity index (χ0n) is 37.6. The smallest absolute Gasteiger partial charge is 0.220 e. The maximum Gasteiger partial charge on any atom is 0.220 e. The van der Waals surface area contributed by atoms with Crippen molar-refractivity contribution in [2.24, 2.45) is 0 Å². The Balaban J connectivity index is 1.25. The molecule has 0 aliphatic carbocycles. The van der Waals surface area contributed by atoms with Crippen molar-refractivity contribution < 1.29 is 0 Å². The molecule has 0 bridgehead atoms. The molecule has 0 aliphatic rings. The van der Waals surface area contributed by atoms with Gasteiger partial charge in [-0.15, -0.1) is 0 Å². The molecule has 10 aromatic rings. The molecular weight excluding hydrogens is 765 g/mol. The van der Waals surface area contributed by atoms with Gasteiger partial charge in [-0.3, -0.25) is 14.1 Å². The van der Waals surface area contributed by atoms with Crippen LogP contribution in [0.25, 0.3) is 89.1 Å². The average Bonchev–Trinajstić information content (AvgIpc) is 3.84. The molecule has 0 unspecified atom stereocenters. The molecule has 0 saturated heterocycles. The van der Waals surface area contributed by atoms with Crippen LogP contribution < -0.4 is 0 Å². The van der Waals surface area contributed by atoms with E-state index in [-0.39, 0.29) is 16.7 Å². The van der Waals surface area contributed by atoms with Crippen LogP contribution in [0.5, 0.6) is 0 Å². The summed E-state index contributed by atoms with van der Waals surface area (Å²) in [5.74, 6) is 1.11. The van der Waals surface area contributed by atoms with Gasteiger partial charge < -0.3 is 0 Å². The lowest BCUT2D eigenvalue weighted by Gasteiger charge is -2.20. The average molecular weight is 819 g/mol. The molecule has 0 spiro atoms. The van der Waals surface area contributed by atoms with E-state index < -0.39 is 0 Å². The second-order valence-electron chi connectivity index (χ2n) is 19.4. The number of imidazole rings is 1. The Morgan fingerprint density at radius 3 is 1.62 bits per heavy atom. The van der Waals surface area contributed by atoms with Crippen LogP contribution in [0.3, 0.4) is 0 Å². The second kappa shape index (κ2) is 15.4. The topological polar surface area (TPSA) is 35.6 Å². The molecule has 310 valence electrons. The van der Waals surface area contributed by atoms with Crippen molar-refractivity contribution in [3.05, 3.63) is 193 Å². The standard InChI is InChI=1S/C59H54N4/c1-38(2)48-34-41(39-17-11-9-12-18-39)25-28-52(48)63-55-24-16-23-47(43-21-15-22-44(33-43)51-35-42(31-32-60-51)40-19-13-10-14-20-40)56(55)61-57(63)62-53-29-26-45(58(3,4)5)36-49(53)50-37-46(59(6,7)8)27-30-54(50)62/h9-38H,1-8H3. The minimum Gasteiger partial charge on any atom is -0.279 e. The number of hydrogen-bond acceptors (Lipinski definition) is 2. The molecule has 0 aliphatic heterocycles. The van der Waals surface area contributed by atoms with Crippen LogP contribution in [0.4, 0.5) is 0 Å². The Morgan fingerprint density at radius 1 is 0.444 bits per heavy atom. The molecule has 0 N–H and O–H groups in total. The first-order chi connectivity index (χ1) is 30.3. The number of pyridine rings is 1. The molecule has 3 aromatic heterocycles. The SMILES string of the molecule is CC(C)c1cc(-c2ccccc2)ccc1-n1c(-n2c3ccc(C(C)(C)C)cc3c3cc(C(C)(C)C)ccc32)nc2c(-c3cccc(-c4cc(-c5ccccc5)ccn4)c3)cccc21.